The van der Waals surface area contributed by atoms with E-state index >= 15 is 0 Å². The Labute approximate surface area is 66.8 Å². The molecule has 1 aromatic heterocycles. The van der Waals surface area contributed by atoms with Crippen LogP contribution in [0, 0.1) is 0 Å². The minimum atomic E-state index is 0.668. The fraction of sp³-hybridized carbons (Fsp3) is 0.375. The van der Waals surface area contributed by atoms with E-state index in [1.807, 2.05) is 36.1 Å². The van der Waals surface area contributed by atoms with Gasteiger partial charge in [0.25, 0.3) is 0 Å². The molecular formula is C8H14N3+. The van der Waals surface area contributed by atoms with Crippen LogP contribution >= 0.6 is 0 Å². The molecule has 0 aliphatic carbocycles. The first kappa shape index (κ1) is 8.01. The maximum atomic E-state index is 5.34. The van der Waals surface area contributed by atoms with Crippen LogP contribution in [-0.4, -0.2) is 13.1 Å². The number of nitrogens with one attached hydrogen (secondary N) is 1. The average Bonchev–Trinajstić information content (AvgIpc) is 2.04. The molecule has 0 spiro atoms. The van der Waals surface area contributed by atoms with E-state index in [-0.39, 0.29) is 0 Å². The largest absolute Gasteiger partial charge is 0.383 e. The van der Waals surface area contributed by atoms with E-state index in [0.717, 1.165) is 12.2 Å². The lowest BCUT2D eigenvalue weighted by Crippen LogP contribution is -2.26. The van der Waals surface area contributed by atoms with Crippen LogP contribution in [0.1, 0.15) is 0 Å². The average molecular weight is 152 g/mol. The fourth-order valence-corrected chi connectivity index (χ4v) is 0.835. The monoisotopic (exact) mass is 152 g/mol. The molecule has 60 valence electrons. The fourth-order valence-electron chi connectivity index (χ4n) is 0.835. The molecule has 0 amide bonds. The molecule has 0 fully saturated rings. The van der Waals surface area contributed by atoms with Gasteiger partial charge in [-0.3, -0.25) is 0 Å². The number of anilines is 1. The summed E-state index contributed by atoms with van der Waals surface area (Å²) < 4.78 is 1.99. The summed E-state index contributed by atoms with van der Waals surface area (Å²) in [7, 11) is 1.99. The Morgan fingerprint density at radius 2 is 2.09 bits per heavy atom. The van der Waals surface area contributed by atoms with Crippen molar-refractivity contribution >= 4 is 5.69 Å². The molecule has 1 aromatic rings. The zero-order valence-electron chi connectivity index (χ0n) is 6.75. The van der Waals surface area contributed by atoms with Gasteiger partial charge in [-0.25, -0.2) is 4.57 Å². The lowest BCUT2D eigenvalue weighted by atomic mass is 10.4. The molecule has 0 bridgehead atoms. The number of nitrogens with zero attached hydrogens (tertiary/aromatic N) is 1. The first-order valence-electron chi connectivity index (χ1n) is 3.72. The number of nitrogens with two attached hydrogens (primary N) is 1. The number of rotatable bonds is 3. The van der Waals surface area contributed by atoms with Gasteiger partial charge in [0.05, 0.1) is 0 Å². The minimum absolute atomic E-state index is 0.668. The Morgan fingerprint density at radius 1 is 1.45 bits per heavy atom. The van der Waals surface area contributed by atoms with Gasteiger partial charge in [-0.05, 0) is 0 Å². The molecule has 0 unspecified atom stereocenters. The van der Waals surface area contributed by atoms with Gasteiger partial charge in [-0.1, -0.05) is 0 Å². The summed E-state index contributed by atoms with van der Waals surface area (Å²) in [6, 6.07) is 4.05. The maximum absolute atomic E-state index is 5.34. The predicted molar refractivity (Wildman–Crippen MR) is 45.2 cm³/mol. The number of aromatic nitrogens is 1. The normalized spacial score (nSPS) is 9.64. The Hall–Kier alpha value is -1.09. The van der Waals surface area contributed by atoms with Gasteiger partial charge >= 0.3 is 0 Å². The molecule has 1 heterocycles. The van der Waals surface area contributed by atoms with Crippen LogP contribution in [0.3, 0.4) is 0 Å². The number of hydrogen-bond donors (Lipinski definition) is 2. The summed E-state index contributed by atoms with van der Waals surface area (Å²) in [5.74, 6) is 0. The van der Waals surface area contributed by atoms with E-state index in [4.69, 9.17) is 5.73 Å². The van der Waals surface area contributed by atoms with E-state index < -0.39 is 0 Å². The van der Waals surface area contributed by atoms with Crippen LogP contribution < -0.4 is 15.6 Å². The van der Waals surface area contributed by atoms with Crippen molar-refractivity contribution in [3.8, 4) is 0 Å². The van der Waals surface area contributed by atoms with Crippen molar-refractivity contribution < 1.29 is 4.57 Å². The van der Waals surface area contributed by atoms with Gasteiger partial charge in [-0.15, -0.1) is 0 Å². The van der Waals surface area contributed by atoms with Crippen LogP contribution in [-0.2, 0) is 7.05 Å². The predicted octanol–water partition coefficient (Wildman–Crippen LogP) is -0.118. The Balaban J connectivity index is 2.52. The second-order valence-corrected chi connectivity index (χ2v) is 2.47. The molecule has 1 rings (SSSR count). The second-order valence-electron chi connectivity index (χ2n) is 2.47. The molecule has 3 nitrogen and oxygen atoms in total. The second kappa shape index (κ2) is 3.93. The molecule has 0 radical (unpaired) electrons. The van der Waals surface area contributed by atoms with E-state index in [1.54, 1.807) is 0 Å². The lowest BCUT2D eigenvalue weighted by Gasteiger charge is -2.01. The van der Waals surface area contributed by atoms with Crippen LogP contribution in [0.25, 0.3) is 0 Å². The van der Waals surface area contributed by atoms with Crippen molar-refractivity contribution in [2.75, 3.05) is 18.4 Å². The third-order valence-electron chi connectivity index (χ3n) is 1.45. The molecule has 0 saturated carbocycles. The zero-order valence-corrected chi connectivity index (χ0v) is 6.75. The van der Waals surface area contributed by atoms with Crippen molar-refractivity contribution in [3.63, 3.8) is 0 Å². The van der Waals surface area contributed by atoms with E-state index in [9.17, 15) is 0 Å². The van der Waals surface area contributed by atoms with Gasteiger partial charge in [0, 0.05) is 30.9 Å². The van der Waals surface area contributed by atoms with Crippen molar-refractivity contribution in [2.24, 2.45) is 12.8 Å². The highest BCUT2D eigenvalue weighted by Gasteiger charge is 1.92. The van der Waals surface area contributed by atoms with Crippen LogP contribution in [0.15, 0.2) is 24.5 Å². The van der Waals surface area contributed by atoms with Crippen LogP contribution in [0.5, 0.6) is 0 Å². The molecule has 0 saturated heterocycles. The Morgan fingerprint density at radius 3 is 2.64 bits per heavy atom. The lowest BCUT2D eigenvalue weighted by molar-refractivity contribution is -0.671. The quantitative estimate of drug-likeness (QED) is 0.593. The molecule has 0 aliphatic rings. The molecule has 11 heavy (non-hydrogen) atoms. The molecule has 3 heteroatoms. The molecule has 0 atom stereocenters. The van der Waals surface area contributed by atoms with Gasteiger partial charge in [0.15, 0.2) is 12.4 Å². The topological polar surface area (TPSA) is 41.9 Å². The molecule has 3 N–H and O–H groups in total. The number of hydrogen-bond acceptors (Lipinski definition) is 2. The summed E-state index contributed by atoms with van der Waals surface area (Å²) in [6.45, 7) is 1.49. The van der Waals surface area contributed by atoms with Gasteiger partial charge < -0.3 is 11.1 Å². The molecular weight excluding hydrogens is 138 g/mol. The van der Waals surface area contributed by atoms with Crippen molar-refractivity contribution in [3.05, 3.63) is 24.5 Å². The van der Waals surface area contributed by atoms with Crippen molar-refractivity contribution in [1.82, 2.24) is 0 Å². The number of pyridine rings is 1. The third kappa shape index (κ3) is 2.55. The van der Waals surface area contributed by atoms with Crippen LogP contribution in [0.2, 0.25) is 0 Å². The van der Waals surface area contributed by atoms with E-state index in [0.29, 0.717) is 6.54 Å². The third-order valence-corrected chi connectivity index (χ3v) is 1.45. The van der Waals surface area contributed by atoms with E-state index in [1.165, 1.54) is 0 Å². The summed E-state index contributed by atoms with van der Waals surface area (Å²) in [4.78, 5) is 0. The first-order chi connectivity index (χ1) is 5.33. The number of aryl methyl sites for hydroxylation is 1. The zero-order chi connectivity index (χ0) is 8.10. The molecule has 0 aromatic carbocycles. The Bertz CT molecular complexity index is 205. The highest BCUT2D eigenvalue weighted by Crippen LogP contribution is 1.99. The van der Waals surface area contributed by atoms with Crippen molar-refractivity contribution in [1.29, 1.82) is 0 Å². The Kier molecular flexibility index (Phi) is 2.86. The highest BCUT2D eigenvalue weighted by atomic mass is 14.9. The van der Waals surface area contributed by atoms with Gasteiger partial charge in [0.2, 0.25) is 0 Å². The highest BCUT2D eigenvalue weighted by molar-refractivity contribution is 5.39. The SMILES string of the molecule is C[n+]1ccc(NCCN)cc1. The minimum Gasteiger partial charge on any atom is -0.383 e. The summed E-state index contributed by atoms with van der Waals surface area (Å²) in [6.07, 6.45) is 4.00. The standard InChI is InChI=1S/C8H13N3/c1-11-6-2-8(3-7-11)10-5-4-9/h2-3,6-7H,4-5,9H2,1H3/p+1. The van der Waals surface area contributed by atoms with Gasteiger partial charge in [0.1, 0.15) is 7.05 Å². The van der Waals surface area contributed by atoms with E-state index in [2.05, 4.69) is 5.32 Å². The summed E-state index contributed by atoms with van der Waals surface area (Å²) >= 11 is 0. The van der Waals surface area contributed by atoms with Crippen molar-refractivity contribution in [2.45, 2.75) is 0 Å². The first-order valence-corrected chi connectivity index (χ1v) is 3.72. The smallest absolute Gasteiger partial charge is 0.170 e. The summed E-state index contributed by atoms with van der Waals surface area (Å²) in [5, 5.41) is 3.18. The van der Waals surface area contributed by atoms with Crippen LogP contribution in [0.4, 0.5) is 5.69 Å². The maximum Gasteiger partial charge on any atom is 0.170 e. The summed E-state index contributed by atoms with van der Waals surface area (Å²) in [5.41, 5.74) is 6.46. The van der Waals surface area contributed by atoms with Gasteiger partial charge in [-0.2, -0.15) is 0 Å². The molecule has 0 aliphatic heterocycles.